The zero-order chi connectivity index (χ0) is 14.5. The summed E-state index contributed by atoms with van der Waals surface area (Å²) in [5, 5.41) is 17.5. The van der Waals surface area contributed by atoms with Gasteiger partial charge in [0, 0.05) is 39.1 Å². The number of carboxylic acids is 1. The van der Waals surface area contributed by atoms with E-state index < -0.39 is 5.97 Å². The summed E-state index contributed by atoms with van der Waals surface area (Å²) in [5.74, 6) is -1.57. The Morgan fingerprint density at radius 2 is 2.10 bits per heavy atom. The van der Waals surface area contributed by atoms with E-state index in [2.05, 4.69) is 20.9 Å². The number of amides is 1. The Kier molecular flexibility index (Phi) is 4.32. The van der Waals surface area contributed by atoms with E-state index in [0.717, 1.165) is 0 Å². The molecule has 20 heavy (non-hydrogen) atoms. The zero-order valence-electron chi connectivity index (χ0n) is 10.9. The average molecular weight is 277 g/mol. The van der Waals surface area contributed by atoms with E-state index in [1.165, 1.54) is 6.33 Å². The van der Waals surface area contributed by atoms with E-state index in [9.17, 15) is 9.59 Å². The molecule has 0 spiro atoms. The van der Waals surface area contributed by atoms with Crippen molar-refractivity contribution in [1.82, 2.24) is 19.8 Å². The molecule has 8 heteroatoms. The third kappa shape index (κ3) is 2.95. The van der Waals surface area contributed by atoms with E-state index in [1.54, 1.807) is 4.90 Å². The minimum absolute atomic E-state index is 0.0528. The normalized spacial score (nSPS) is 15.8. The van der Waals surface area contributed by atoms with Gasteiger partial charge in [0.05, 0.1) is 12.4 Å². The van der Waals surface area contributed by atoms with Crippen molar-refractivity contribution in [3.63, 3.8) is 0 Å². The van der Waals surface area contributed by atoms with Gasteiger partial charge in [-0.3, -0.25) is 9.69 Å². The van der Waals surface area contributed by atoms with Crippen molar-refractivity contribution in [3.05, 3.63) is 17.7 Å². The molecular weight excluding hydrogens is 262 g/mol. The SMILES string of the molecule is N#CCCN1CCN(C(=O)c2nc[nH]c2C(=O)O)CC1. The highest BCUT2D eigenvalue weighted by atomic mass is 16.4. The second kappa shape index (κ2) is 6.16. The molecular formula is C12H15N5O3. The number of H-pyrrole nitrogens is 1. The summed E-state index contributed by atoms with van der Waals surface area (Å²) in [5.41, 5.74) is -0.232. The largest absolute Gasteiger partial charge is 0.477 e. The standard InChI is InChI=1S/C12H15N5O3/c13-2-1-3-16-4-6-17(7-5-16)11(18)9-10(12(19)20)15-8-14-9/h8H,1,3-7H2,(H,14,15)(H,19,20). The molecule has 2 heterocycles. The van der Waals surface area contributed by atoms with Crippen molar-refractivity contribution in [2.45, 2.75) is 6.42 Å². The van der Waals surface area contributed by atoms with Crippen LogP contribution in [0.25, 0.3) is 0 Å². The maximum absolute atomic E-state index is 12.2. The zero-order valence-corrected chi connectivity index (χ0v) is 10.9. The molecule has 2 rings (SSSR count). The second-order valence-corrected chi connectivity index (χ2v) is 4.47. The van der Waals surface area contributed by atoms with Crippen molar-refractivity contribution >= 4 is 11.9 Å². The molecule has 1 aliphatic rings. The number of rotatable bonds is 4. The highest BCUT2D eigenvalue weighted by Gasteiger charge is 2.27. The van der Waals surface area contributed by atoms with Gasteiger partial charge in [-0.15, -0.1) is 0 Å². The van der Waals surface area contributed by atoms with Gasteiger partial charge in [0.15, 0.2) is 11.4 Å². The first-order chi connectivity index (χ1) is 9.63. The van der Waals surface area contributed by atoms with Crippen LogP contribution in [0.5, 0.6) is 0 Å². The van der Waals surface area contributed by atoms with E-state index in [0.29, 0.717) is 39.1 Å². The number of aromatic nitrogens is 2. The van der Waals surface area contributed by atoms with Crippen molar-refractivity contribution < 1.29 is 14.7 Å². The first-order valence-electron chi connectivity index (χ1n) is 6.28. The molecule has 106 valence electrons. The van der Waals surface area contributed by atoms with Crippen molar-refractivity contribution in [3.8, 4) is 6.07 Å². The van der Waals surface area contributed by atoms with Crippen molar-refractivity contribution in [2.24, 2.45) is 0 Å². The molecule has 1 aliphatic heterocycles. The van der Waals surface area contributed by atoms with Gasteiger partial charge in [-0.2, -0.15) is 5.26 Å². The molecule has 1 amide bonds. The summed E-state index contributed by atoms with van der Waals surface area (Å²) >= 11 is 0. The number of carbonyl (C=O) groups is 2. The first kappa shape index (κ1) is 14.0. The number of aromatic carboxylic acids is 1. The Morgan fingerprint density at radius 1 is 1.40 bits per heavy atom. The maximum Gasteiger partial charge on any atom is 0.354 e. The lowest BCUT2D eigenvalue weighted by molar-refractivity contribution is 0.0612. The average Bonchev–Trinajstić information content (AvgIpc) is 2.94. The summed E-state index contributed by atoms with van der Waals surface area (Å²) in [4.78, 5) is 33.1. The van der Waals surface area contributed by atoms with Crippen LogP contribution >= 0.6 is 0 Å². The van der Waals surface area contributed by atoms with Gasteiger partial charge in [-0.1, -0.05) is 0 Å². The number of imidazole rings is 1. The predicted octanol–water partition coefficient (Wildman–Crippen LogP) is -0.221. The molecule has 0 radical (unpaired) electrons. The number of nitriles is 1. The van der Waals surface area contributed by atoms with Gasteiger partial charge in [0.25, 0.3) is 5.91 Å². The molecule has 2 N–H and O–H groups in total. The number of carboxylic acid groups (broad SMARTS) is 1. The van der Waals surface area contributed by atoms with E-state index in [1.807, 2.05) is 0 Å². The van der Waals surface area contributed by atoms with Gasteiger partial charge in [-0.25, -0.2) is 9.78 Å². The lowest BCUT2D eigenvalue weighted by Gasteiger charge is -2.34. The van der Waals surface area contributed by atoms with Gasteiger partial charge in [-0.05, 0) is 0 Å². The highest BCUT2D eigenvalue weighted by molar-refractivity contribution is 6.02. The van der Waals surface area contributed by atoms with Gasteiger partial charge in [0.2, 0.25) is 0 Å². The van der Waals surface area contributed by atoms with Crippen LogP contribution in [0.2, 0.25) is 0 Å². The van der Waals surface area contributed by atoms with Crippen molar-refractivity contribution in [2.75, 3.05) is 32.7 Å². The van der Waals surface area contributed by atoms with E-state index in [-0.39, 0.29) is 17.3 Å². The quantitative estimate of drug-likeness (QED) is 0.786. The summed E-state index contributed by atoms with van der Waals surface area (Å²) in [7, 11) is 0. The Hall–Kier alpha value is -2.40. The lowest BCUT2D eigenvalue weighted by Crippen LogP contribution is -2.49. The molecule has 0 aromatic carbocycles. The summed E-state index contributed by atoms with van der Waals surface area (Å²) in [6.45, 7) is 3.08. The molecule has 1 aromatic heterocycles. The minimum Gasteiger partial charge on any atom is -0.477 e. The number of aromatic amines is 1. The minimum atomic E-state index is -1.20. The van der Waals surface area contributed by atoms with Gasteiger partial charge < -0.3 is 15.0 Å². The van der Waals surface area contributed by atoms with Crippen LogP contribution in [0, 0.1) is 11.3 Å². The fraction of sp³-hybridized carbons (Fsp3) is 0.500. The Morgan fingerprint density at radius 3 is 2.70 bits per heavy atom. The highest BCUT2D eigenvalue weighted by Crippen LogP contribution is 2.10. The number of nitrogens with zero attached hydrogens (tertiary/aromatic N) is 4. The summed E-state index contributed by atoms with van der Waals surface area (Å²) in [6.07, 6.45) is 1.68. The number of piperazine rings is 1. The van der Waals surface area contributed by atoms with Crippen LogP contribution in [0.1, 0.15) is 27.4 Å². The van der Waals surface area contributed by atoms with Crippen molar-refractivity contribution in [1.29, 1.82) is 5.26 Å². The number of nitrogens with one attached hydrogen (secondary N) is 1. The maximum atomic E-state index is 12.2. The molecule has 1 aromatic rings. The number of carbonyl (C=O) groups excluding carboxylic acids is 1. The third-order valence-electron chi connectivity index (χ3n) is 3.26. The lowest BCUT2D eigenvalue weighted by atomic mass is 10.2. The van der Waals surface area contributed by atoms with Crippen LogP contribution in [0.4, 0.5) is 0 Å². The molecule has 0 saturated carbocycles. The summed E-state index contributed by atoms with van der Waals surface area (Å²) < 4.78 is 0. The molecule has 0 unspecified atom stereocenters. The summed E-state index contributed by atoms with van der Waals surface area (Å²) in [6, 6.07) is 2.09. The Balaban J connectivity index is 1.97. The molecule has 0 atom stereocenters. The Bertz CT molecular complexity index is 540. The number of hydrogen-bond donors (Lipinski definition) is 2. The van der Waals surface area contributed by atoms with Crippen LogP contribution in [-0.4, -0.2) is 69.5 Å². The van der Waals surface area contributed by atoms with Crippen LogP contribution in [-0.2, 0) is 0 Å². The van der Waals surface area contributed by atoms with E-state index >= 15 is 0 Å². The smallest absolute Gasteiger partial charge is 0.354 e. The predicted molar refractivity (Wildman–Crippen MR) is 68.1 cm³/mol. The topological polar surface area (TPSA) is 113 Å². The molecule has 0 aliphatic carbocycles. The molecule has 1 fully saturated rings. The van der Waals surface area contributed by atoms with Gasteiger partial charge in [0.1, 0.15) is 0 Å². The van der Waals surface area contributed by atoms with Crippen LogP contribution in [0.15, 0.2) is 6.33 Å². The fourth-order valence-electron chi connectivity index (χ4n) is 2.15. The second-order valence-electron chi connectivity index (χ2n) is 4.47. The van der Waals surface area contributed by atoms with Crippen LogP contribution < -0.4 is 0 Å². The molecule has 8 nitrogen and oxygen atoms in total. The third-order valence-corrected chi connectivity index (χ3v) is 3.26. The Labute approximate surface area is 115 Å². The van der Waals surface area contributed by atoms with Crippen LogP contribution in [0.3, 0.4) is 0 Å². The number of hydrogen-bond acceptors (Lipinski definition) is 5. The van der Waals surface area contributed by atoms with Gasteiger partial charge >= 0.3 is 5.97 Å². The fourth-order valence-corrected chi connectivity index (χ4v) is 2.15. The monoisotopic (exact) mass is 277 g/mol. The van der Waals surface area contributed by atoms with E-state index in [4.69, 9.17) is 10.4 Å². The molecule has 1 saturated heterocycles. The first-order valence-corrected chi connectivity index (χ1v) is 6.28. The molecule has 0 bridgehead atoms.